The number of para-hydroxylation sites is 2. The number of hydrogen-bond acceptors (Lipinski definition) is 4. The quantitative estimate of drug-likeness (QED) is 0.460. The van der Waals surface area contributed by atoms with Gasteiger partial charge < -0.3 is 20.4 Å². The fraction of sp³-hybridized carbons (Fsp3) is 0.214. The molecule has 2 N–H and O–H groups in total. The van der Waals surface area contributed by atoms with Gasteiger partial charge in [0.2, 0.25) is 11.8 Å². The van der Waals surface area contributed by atoms with Crippen molar-refractivity contribution in [3.8, 4) is 0 Å². The third-order valence-corrected chi connectivity index (χ3v) is 5.69. The van der Waals surface area contributed by atoms with E-state index in [0.29, 0.717) is 11.1 Å². The Balaban J connectivity index is 1.41. The highest BCUT2D eigenvalue weighted by atomic mass is 16.2. The summed E-state index contributed by atoms with van der Waals surface area (Å²) in [7, 11) is 3.39. The Kier molecular flexibility index (Phi) is 9.33. The zero-order chi connectivity index (χ0) is 25.9. The summed E-state index contributed by atoms with van der Waals surface area (Å²) in [5.41, 5.74) is 2.34. The van der Waals surface area contributed by atoms with Crippen LogP contribution in [0.5, 0.6) is 0 Å². The molecule has 3 aromatic rings. The molecular weight excluding hydrogens is 456 g/mol. The minimum absolute atomic E-state index is 0.109. The van der Waals surface area contributed by atoms with Crippen molar-refractivity contribution in [3.63, 3.8) is 0 Å². The van der Waals surface area contributed by atoms with E-state index in [9.17, 15) is 19.2 Å². The van der Waals surface area contributed by atoms with E-state index in [1.165, 1.54) is 0 Å². The predicted molar refractivity (Wildman–Crippen MR) is 140 cm³/mol. The van der Waals surface area contributed by atoms with E-state index in [4.69, 9.17) is 0 Å². The van der Waals surface area contributed by atoms with Gasteiger partial charge in [0.25, 0.3) is 11.8 Å². The van der Waals surface area contributed by atoms with Crippen molar-refractivity contribution in [2.24, 2.45) is 0 Å². The maximum absolute atomic E-state index is 12.4. The third-order valence-electron chi connectivity index (χ3n) is 5.69. The fourth-order valence-electron chi connectivity index (χ4n) is 3.47. The summed E-state index contributed by atoms with van der Waals surface area (Å²) in [6.45, 7) is 0.394. The maximum atomic E-state index is 12.4. The van der Waals surface area contributed by atoms with Gasteiger partial charge in [-0.1, -0.05) is 36.4 Å². The molecule has 0 atom stereocenters. The van der Waals surface area contributed by atoms with Gasteiger partial charge in [-0.2, -0.15) is 0 Å². The standard InChI is InChI=1S/C28H30N4O4/c1-31(23-9-5-3-6-10-23)25(33)17-19-29-27(35)21-13-15-22(16-14-21)28(36)30-20-18-26(34)32(2)24-11-7-4-8-12-24/h3-16H,17-20H2,1-2H3,(H,29,35)(H,30,36). The molecule has 3 aromatic carbocycles. The van der Waals surface area contributed by atoms with Gasteiger partial charge in [-0.3, -0.25) is 19.2 Å². The van der Waals surface area contributed by atoms with Crippen LogP contribution in [0.15, 0.2) is 84.9 Å². The van der Waals surface area contributed by atoms with Crippen molar-refractivity contribution >= 4 is 35.0 Å². The molecular formula is C28H30N4O4. The molecule has 0 bridgehead atoms. The SMILES string of the molecule is CN(C(=O)CCNC(=O)c1ccc(C(=O)NCCC(=O)N(C)c2ccccc2)cc1)c1ccccc1. The van der Waals surface area contributed by atoms with Crippen LogP contribution in [0.4, 0.5) is 11.4 Å². The first-order valence-electron chi connectivity index (χ1n) is 11.7. The summed E-state index contributed by atoms with van der Waals surface area (Å²) in [5, 5.41) is 5.45. The number of amides is 4. The molecule has 0 saturated heterocycles. The van der Waals surface area contributed by atoms with Gasteiger partial charge in [-0.15, -0.1) is 0 Å². The normalized spacial score (nSPS) is 10.3. The highest BCUT2D eigenvalue weighted by molar-refractivity contribution is 5.99. The van der Waals surface area contributed by atoms with Gasteiger partial charge in [0, 0.05) is 62.5 Å². The fourth-order valence-corrected chi connectivity index (χ4v) is 3.47. The Labute approximate surface area is 210 Å². The molecule has 8 heteroatoms. The first kappa shape index (κ1) is 26.2. The van der Waals surface area contributed by atoms with E-state index in [2.05, 4.69) is 10.6 Å². The average molecular weight is 487 g/mol. The molecule has 0 aliphatic carbocycles. The van der Waals surface area contributed by atoms with Crippen molar-refractivity contribution in [2.75, 3.05) is 37.0 Å². The molecule has 0 fully saturated rings. The smallest absolute Gasteiger partial charge is 0.251 e. The number of nitrogens with zero attached hydrogens (tertiary/aromatic N) is 2. The number of rotatable bonds is 10. The monoisotopic (exact) mass is 486 g/mol. The molecule has 0 saturated carbocycles. The number of anilines is 2. The molecule has 0 radical (unpaired) electrons. The first-order chi connectivity index (χ1) is 17.4. The maximum Gasteiger partial charge on any atom is 0.251 e. The van der Waals surface area contributed by atoms with E-state index in [0.717, 1.165) is 11.4 Å². The minimum Gasteiger partial charge on any atom is -0.352 e. The third kappa shape index (κ3) is 7.27. The predicted octanol–water partition coefficient (Wildman–Crippen LogP) is 3.25. The van der Waals surface area contributed by atoms with E-state index in [-0.39, 0.29) is 49.6 Å². The van der Waals surface area contributed by atoms with Crippen LogP contribution in [0.3, 0.4) is 0 Å². The number of benzene rings is 3. The largest absolute Gasteiger partial charge is 0.352 e. The number of carbonyl (C=O) groups excluding carboxylic acids is 4. The van der Waals surface area contributed by atoms with E-state index >= 15 is 0 Å². The molecule has 0 aromatic heterocycles. The van der Waals surface area contributed by atoms with E-state index in [1.807, 2.05) is 60.7 Å². The lowest BCUT2D eigenvalue weighted by Gasteiger charge is -2.17. The van der Waals surface area contributed by atoms with Crippen molar-refractivity contribution in [1.82, 2.24) is 10.6 Å². The van der Waals surface area contributed by atoms with Crippen LogP contribution in [-0.4, -0.2) is 50.8 Å². The van der Waals surface area contributed by atoms with Crippen molar-refractivity contribution < 1.29 is 19.2 Å². The van der Waals surface area contributed by atoms with Gasteiger partial charge in [0.1, 0.15) is 0 Å². The Morgan fingerprint density at radius 3 is 1.22 bits per heavy atom. The van der Waals surface area contributed by atoms with Crippen molar-refractivity contribution in [3.05, 3.63) is 96.1 Å². The average Bonchev–Trinajstić information content (AvgIpc) is 2.92. The molecule has 8 nitrogen and oxygen atoms in total. The first-order valence-corrected chi connectivity index (χ1v) is 11.7. The van der Waals surface area contributed by atoms with Gasteiger partial charge in [0.15, 0.2) is 0 Å². The van der Waals surface area contributed by atoms with Crippen LogP contribution < -0.4 is 20.4 Å². The van der Waals surface area contributed by atoms with Crippen LogP contribution in [0.25, 0.3) is 0 Å². The lowest BCUT2D eigenvalue weighted by molar-refractivity contribution is -0.119. The summed E-state index contributed by atoms with van der Waals surface area (Å²) in [4.78, 5) is 52.5. The molecule has 186 valence electrons. The van der Waals surface area contributed by atoms with Gasteiger partial charge in [0.05, 0.1) is 0 Å². The summed E-state index contributed by atoms with van der Waals surface area (Å²) in [5.74, 6) is -0.873. The lowest BCUT2D eigenvalue weighted by atomic mass is 10.1. The molecule has 0 aliphatic rings. The van der Waals surface area contributed by atoms with Gasteiger partial charge in [-0.25, -0.2) is 0 Å². The van der Waals surface area contributed by atoms with Crippen LogP contribution in [0.1, 0.15) is 33.6 Å². The summed E-state index contributed by atoms with van der Waals surface area (Å²) < 4.78 is 0. The number of carbonyl (C=O) groups is 4. The molecule has 0 spiro atoms. The molecule has 0 heterocycles. The molecule has 36 heavy (non-hydrogen) atoms. The summed E-state index contributed by atoms with van der Waals surface area (Å²) in [6.07, 6.45) is 0.325. The van der Waals surface area contributed by atoms with Crippen molar-refractivity contribution in [2.45, 2.75) is 12.8 Å². The second-order valence-corrected chi connectivity index (χ2v) is 8.17. The number of nitrogens with one attached hydrogen (secondary N) is 2. The van der Waals surface area contributed by atoms with Crippen LogP contribution in [0, 0.1) is 0 Å². The summed E-state index contributed by atoms with van der Waals surface area (Å²) in [6, 6.07) is 24.8. The molecule has 3 rings (SSSR count). The highest BCUT2D eigenvalue weighted by Crippen LogP contribution is 2.13. The van der Waals surface area contributed by atoms with Gasteiger partial charge in [-0.05, 0) is 48.5 Å². The lowest BCUT2D eigenvalue weighted by Crippen LogP contribution is -2.32. The molecule has 4 amide bonds. The van der Waals surface area contributed by atoms with Crippen LogP contribution in [0.2, 0.25) is 0 Å². The Hall–Kier alpha value is -4.46. The van der Waals surface area contributed by atoms with E-state index in [1.54, 1.807) is 48.2 Å². The van der Waals surface area contributed by atoms with Gasteiger partial charge >= 0.3 is 0 Å². The van der Waals surface area contributed by atoms with E-state index < -0.39 is 0 Å². The minimum atomic E-state index is -0.327. The zero-order valence-corrected chi connectivity index (χ0v) is 20.4. The highest BCUT2D eigenvalue weighted by Gasteiger charge is 2.14. The molecule has 0 aliphatic heterocycles. The Bertz CT molecular complexity index is 1090. The molecule has 0 unspecified atom stereocenters. The second-order valence-electron chi connectivity index (χ2n) is 8.17. The Morgan fingerprint density at radius 1 is 0.556 bits per heavy atom. The summed E-state index contributed by atoms with van der Waals surface area (Å²) >= 11 is 0. The van der Waals surface area contributed by atoms with Crippen molar-refractivity contribution in [1.29, 1.82) is 0 Å². The Morgan fingerprint density at radius 2 is 0.889 bits per heavy atom. The topological polar surface area (TPSA) is 98.8 Å². The van der Waals surface area contributed by atoms with Crippen LogP contribution >= 0.6 is 0 Å². The zero-order valence-electron chi connectivity index (χ0n) is 20.4. The second kappa shape index (κ2) is 12.9. The number of hydrogen-bond donors (Lipinski definition) is 2. The van der Waals surface area contributed by atoms with Crippen LogP contribution in [-0.2, 0) is 9.59 Å².